The number of fused-ring (bicyclic) bond motifs is 1. The molecule has 2 fully saturated rings. The summed E-state index contributed by atoms with van der Waals surface area (Å²) in [6, 6.07) is 15.4. The van der Waals surface area contributed by atoms with Crippen molar-refractivity contribution in [3.05, 3.63) is 71.0 Å². The summed E-state index contributed by atoms with van der Waals surface area (Å²) in [5.74, 6) is -0.0556. The number of esters is 1. The Morgan fingerprint density at radius 3 is 2.73 bits per heavy atom. The van der Waals surface area contributed by atoms with Gasteiger partial charge in [0.2, 0.25) is 0 Å². The summed E-state index contributed by atoms with van der Waals surface area (Å²) in [5.41, 5.74) is 2.84. The molecule has 1 heterocycles. The number of methoxy groups -OCH3 is 1. The number of carbonyl (C=O) groups is 1. The molecule has 4 unspecified atom stereocenters. The first-order valence-corrected chi connectivity index (χ1v) is 9.29. The SMILES string of the molecule is COC(=O)C12CNCC1C1(c3ccc(F)cc3)CCC2c2ccccc21. The van der Waals surface area contributed by atoms with Gasteiger partial charge in [0.25, 0.3) is 0 Å². The van der Waals surface area contributed by atoms with Crippen molar-refractivity contribution >= 4 is 5.97 Å². The van der Waals surface area contributed by atoms with Crippen LogP contribution >= 0.6 is 0 Å². The first-order chi connectivity index (χ1) is 12.6. The maximum atomic E-state index is 13.6. The minimum atomic E-state index is -0.546. The number of ether oxygens (including phenoxy) is 1. The van der Waals surface area contributed by atoms with E-state index in [9.17, 15) is 9.18 Å². The van der Waals surface area contributed by atoms with E-state index in [0.717, 1.165) is 24.9 Å². The second kappa shape index (κ2) is 5.40. The third-order valence-electron chi connectivity index (χ3n) is 7.17. The van der Waals surface area contributed by atoms with Crippen molar-refractivity contribution in [3.8, 4) is 0 Å². The molecule has 1 saturated heterocycles. The fourth-order valence-corrected chi connectivity index (χ4v) is 6.27. The largest absolute Gasteiger partial charge is 0.469 e. The summed E-state index contributed by atoms with van der Waals surface area (Å²) in [5, 5.41) is 3.49. The molecule has 4 heteroatoms. The molecule has 26 heavy (non-hydrogen) atoms. The van der Waals surface area contributed by atoms with Gasteiger partial charge < -0.3 is 10.1 Å². The number of rotatable bonds is 2. The Balaban J connectivity index is 1.82. The van der Waals surface area contributed by atoms with Crippen LogP contribution in [0.5, 0.6) is 0 Å². The predicted molar refractivity (Wildman–Crippen MR) is 96.4 cm³/mol. The molecular weight excluding hydrogens is 329 g/mol. The standard InChI is InChI=1S/C22H22FNO2/c1-26-20(25)22-13-24-12-19(22)21(14-6-8-15(23)9-7-14)11-10-18(22)16-4-2-3-5-17(16)21/h2-9,18-19,24H,10-13H2,1H3. The van der Waals surface area contributed by atoms with Crippen molar-refractivity contribution in [1.82, 2.24) is 5.32 Å². The molecule has 3 nitrogen and oxygen atoms in total. The number of nitrogens with one attached hydrogen (secondary N) is 1. The van der Waals surface area contributed by atoms with Gasteiger partial charge in [-0.2, -0.15) is 0 Å². The Kier molecular flexibility index (Phi) is 3.32. The van der Waals surface area contributed by atoms with Gasteiger partial charge in [0.15, 0.2) is 0 Å². The summed E-state index contributed by atoms with van der Waals surface area (Å²) in [6.45, 7) is 1.42. The molecule has 2 aromatic rings. The lowest BCUT2D eigenvalue weighted by Gasteiger charge is -2.59. The zero-order valence-corrected chi connectivity index (χ0v) is 14.8. The van der Waals surface area contributed by atoms with Gasteiger partial charge in [-0.25, -0.2) is 4.39 Å². The van der Waals surface area contributed by atoms with Gasteiger partial charge >= 0.3 is 5.97 Å². The van der Waals surface area contributed by atoms with Crippen LogP contribution in [-0.2, 0) is 14.9 Å². The Labute approximate surface area is 152 Å². The van der Waals surface area contributed by atoms with Gasteiger partial charge in [-0.1, -0.05) is 36.4 Å². The summed E-state index contributed by atoms with van der Waals surface area (Å²) < 4.78 is 19.0. The first-order valence-electron chi connectivity index (χ1n) is 9.29. The summed E-state index contributed by atoms with van der Waals surface area (Å²) in [7, 11) is 1.49. The molecule has 4 atom stereocenters. The van der Waals surface area contributed by atoms with Crippen LogP contribution in [0.4, 0.5) is 4.39 Å². The van der Waals surface area contributed by atoms with Crippen LogP contribution in [0.2, 0.25) is 0 Å². The third-order valence-corrected chi connectivity index (χ3v) is 7.17. The Bertz CT molecular complexity index is 880. The van der Waals surface area contributed by atoms with Crippen LogP contribution in [0.1, 0.15) is 35.4 Å². The zero-order chi connectivity index (χ0) is 17.9. The van der Waals surface area contributed by atoms with Crippen molar-refractivity contribution in [2.24, 2.45) is 11.3 Å². The van der Waals surface area contributed by atoms with Crippen molar-refractivity contribution in [2.75, 3.05) is 20.2 Å². The van der Waals surface area contributed by atoms with E-state index in [4.69, 9.17) is 4.74 Å². The van der Waals surface area contributed by atoms with Gasteiger partial charge in [0.05, 0.1) is 12.5 Å². The molecule has 1 N–H and O–H groups in total. The van der Waals surface area contributed by atoms with Crippen molar-refractivity contribution < 1.29 is 13.9 Å². The second-order valence-corrected chi connectivity index (χ2v) is 7.87. The minimum Gasteiger partial charge on any atom is -0.469 e. The lowest BCUT2D eigenvalue weighted by Crippen LogP contribution is -2.60. The lowest BCUT2D eigenvalue weighted by atomic mass is 9.42. The van der Waals surface area contributed by atoms with E-state index in [-0.39, 0.29) is 29.0 Å². The number of benzene rings is 2. The minimum absolute atomic E-state index is 0.113. The van der Waals surface area contributed by atoms with E-state index in [1.165, 1.54) is 30.4 Å². The summed E-state index contributed by atoms with van der Waals surface area (Å²) >= 11 is 0. The highest BCUT2D eigenvalue weighted by atomic mass is 19.1. The Morgan fingerprint density at radius 2 is 1.96 bits per heavy atom. The van der Waals surface area contributed by atoms with Gasteiger partial charge in [-0.05, 0) is 41.7 Å². The average molecular weight is 351 g/mol. The third kappa shape index (κ3) is 1.73. The monoisotopic (exact) mass is 351 g/mol. The number of carbonyl (C=O) groups excluding carboxylic acids is 1. The van der Waals surface area contributed by atoms with Crippen molar-refractivity contribution in [2.45, 2.75) is 24.2 Å². The van der Waals surface area contributed by atoms with Crippen LogP contribution in [0.3, 0.4) is 0 Å². The van der Waals surface area contributed by atoms with Crippen molar-refractivity contribution in [3.63, 3.8) is 0 Å². The van der Waals surface area contributed by atoms with Crippen molar-refractivity contribution in [1.29, 1.82) is 0 Å². The fourth-order valence-electron chi connectivity index (χ4n) is 6.27. The number of hydrogen-bond donors (Lipinski definition) is 1. The number of halogens is 1. The van der Waals surface area contributed by atoms with Crippen LogP contribution in [0.15, 0.2) is 48.5 Å². The number of hydrogen-bond acceptors (Lipinski definition) is 3. The van der Waals surface area contributed by atoms with Gasteiger partial charge in [0.1, 0.15) is 5.82 Å². The van der Waals surface area contributed by atoms with E-state index >= 15 is 0 Å². The molecule has 1 saturated carbocycles. The van der Waals surface area contributed by atoms with Crippen LogP contribution in [0.25, 0.3) is 0 Å². The lowest BCUT2D eigenvalue weighted by molar-refractivity contribution is -0.161. The van der Waals surface area contributed by atoms with Gasteiger partial charge in [-0.15, -0.1) is 0 Å². The molecule has 4 aliphatic rings. The molecule has 0 amide bonds. The van der Waals surface area contributed by atoms with Crippen LogP contribution < -0.4 is 5.32 Å². The van der Waals surface area contributed by atoms with Gasteiger partial charge in [0, 0.05) is 30.3 Å². The molecule has 2 bridgehead atoms. The fraction of sp³-hybridized carbons (Fsp3) is 0.409. The smallest absolute Gasteiger partial charge is 0.314 e. The Morgan fingerprint density at radius 1 is 1.19 bits per heavy atom. The topological polar surface area (TPSA) is 38.3 Å². The molecular formula is C22H22FNO2. The van der Waals surface area contributed by atoms with E-state index in [1.807, 2.05) is 12.1 Å². The van der Waals surface area contributed by atoms with E-state index in [2.05, 4.69) is 29.6 Å². The maximum Gasteiger partial charge on any atom is 0.314 e. The summed E-state index contributed by atoms with van der Waals surface area (Å²) in [6.07, 6.45) is 1.92. The predicted octanol–water partition coefficient (Wildman–Crippen LogP) is 3.38. The highest BCUT2D eigenvalue weighted by Gasteiger charge is 2.69. The normalized spacial score (nSPS) is 34.2. The molecule has 0 spiro atoms. The first kappa shape index (κ1) is 16.0. The highest BCUT2D eigenvalue weighted by molar-refractivity contribution is 5.82. The van der Waals surface area contributed by atoms with E-state index in [0.29, 0.717) is 6.54 Å². The van der Waals surface area contributed by atoms with Crippen LogP contribution in [-0.4, -0.2) is 26.2 Å². The molecule has 134 valence electrons. The highest BCUT2D eigenvalue weighted by Crippen LogP contribution is 2.67. The molecule has 1 aliphatic heterocycles. The average Bonchev–Trinajstić information content (AvgIpc) is 3.16. The maximum absolute atomic E-state index is 13.6. The molecule has 3 aliphatic carbocycles. The molecule has 0 radical (unpaired) electrons. The quantitative estimate of drug-likeness (QED) is 0.843. The molecule has 6 rings (SSSR count). The van der Waals surface area contributed by atoms with E-state index in [1.54, 1.807) is 0 Å². The van der Waals surface area contributed by atoms with Gasteiger partial charge in [-0.3, -0.25) is 4.79 Å². The summed E-state index contributed by atoms with van der Waals surface area (Å²) in [4.78, 5) is 13.1. The van der Waals surface area contributed by atoms with E-state index < -0.39 is 5.41 Å². The second-order valence-electron chi connectivity index (χ2n) is 7.87. The molecule has 2 aromatic carbocycles. The zero-order valence-electron chi connectivity index (χ0n) is 14.8. The Hall–Kier alpha value is -2.20. The van der Waals surface area contributed by atoms with Crippen LogP contribution in [0, 0.1) is 17.2 Å². The molecule has 0 aromatic heterocycles.